The van der Waals surface area contributed by atoms with Crippen LogP contribution in [0.15, 0.2) is 36.4 Å². The Labute approximate surface area is 114 Å². The average molecular weight is 281 g/mol. The van der Waals surface area contributed by atoms with Crippen LogP contribution < -0.4 is 5.32 Å². The second-order valence-electron chi connectivity index (χ2n) is 3.53. The lowest BCUT2D eigenvalue weighted by molar-refractivity contribution is 0.624. The molecule has 18 heavy (non-hydrogen) atoms. The summed E-state index contributed by atoms with van der Waals surface area (Å²) in [6, 6.07) is 11.0. The zero-order valence-corrected chi connectivity index (χ0v) is 10.6. The first-order chi connectivity index (χ1) is 8.61. The number of nitrogens with one attached hydrogen (secondary N) is 1. The second kappa shape index (κ2) is 5.26. The largest absolute Gasteiger partial charge is 0.353 e. The molecular weight excluding hydrogens is 274 g/mol. The molecule has 0 aliphatic rings. The molecule has 2 aromatic carbocycles. The number of nitriles is 1. The van der Waals surface area contributed by atoms with E-state index in [2.05, 4.69) is 5.32 Å². The molecule has 0 spiro atoms. The number of para-hydroxylation sites is 1. The predicted molar refractivity (Wildman–Crippen MR) is 70.9 cm³/mol. The van der Waals surface area contributed by atoms with Gasteiger partial charge in [-0.1, -0.05) is 29.3 Å². The molecular formula is C13H7Cl2FN2. The molecule has 0 aliphatic carbocycles. The van der Waals surface area contributed by atoms with Crippen LogP contribution in [0.1, 0.15) is 5.56 Å². The number of benzene rings is 2. The lowest BCUT2D eigenvalue weighted by atomic mass is 10.2. The van der Waals surface area contributed by atoms with Crippen molar-refractivity contribution in [2.24, 2.45) is 0 Å². The average Bonchev–Trinajstić information content (AvgIpc) is 2.34. The molecule has 2 nitrogen and oxygen atoms in total. The molecule has 0 saturated heterocycles. The molecule has 90 valence electrons. The van der Waals surface area contributed by atoms with Gasteiger partial charge in [-0.15, -0.1) is 0 Å². The van der Waals surface area contributed by atoms with Crippen molar-refractivity contribution >= 4 is 34.6 Å². The smallest absolute Gasteiger partial charge is 0.143 e. The van der Waals surface area contributed by atoms with Gasteiger partial charge in [-0.25, -0.2) is 4.39 Å². The van der Waals surface area contributed by atoms with E-state index >= 15 is 0 Å². The SMILES string of the molecule is N#Cc1ccc(Nc2c(Cl)cccc2Cl)cc1F. The van der Waals surface area contributed by atoms with Crippen LogP contribution in [0.4, 0.5) is 15.8 Å². The van der Waals surface area contributed by atoms with Gasteiger partial charge in [0.25, 0.3) is 0 Å². The lowest BCUT2D eigenvalue weighted by Crippen LogP contribution is -1.94. The fourth-order valence-electron chi connectivity index (χ4n) is 1.45. The third kappa shape index (κ3) is 2.56. The Kier molecular flexibility index (Phi) is 3.71. The maximum Gasteiger partial charge on any atom is 0.143 e. The second-order valence-corrected chi connectivity index (χ2v) is 4.34. The van der Waals surface area contributed by atoms with Crippen molar-refractivity contribution in [2.75, 3.05) is 5.32 Å². The Balaban J connectivity index is 2.35. The number of hydrogen-bond donors (Lipinski definition) is 1. The van der Waals surface area contributed by atoms with Crippen LogP contribution in [-0.2, 0) is 0 Å². The van der Waals surface area contributed by atoms with Crippen molar-refractivity contribution in [1.29, 1.82) is 5.26 Å². The molecule has 1 N–H and O–H groups in total. The Bertz CT molecular complexity index is 615. The molecule has 0 radical (unpaired) electrons. The van der Waals surface area contributed by atoms with E-state index in [1.54, 1.807) is 30.3 Å². The van der Waals surface area contributed by atoms with Crippen LogP contribution in [0.5, 0.6) is 0 Å². The number of hydrogen-bond acceptors (Lipinski definition) is 2. The molecule has 0 unspecified atom stereocenters. The van der Waals surface area contributed by atoms with Crippen LogP contribution in [0.3, 0.4) is 0 Å². The van der Waals surface area contributed by atoms with Gasteiger partial charge in [0.1, 0.15) is 11.9 Å². The summed E-state index contributed by atoms with van der Waals surface area (Å²) in [5.41, 5.74) is 0.970. The van der Waals surface area contributed by atoms with Gasteiger partial charge < -0.3 is 5.32 Å². The van der Waals surface area contributed by atoms with Crippen LogP contribution >= 0.6 is 23.2 Å². The highest BCUT2D eigenvalue weighted by molar-refractivity contribution is 6.39. The van der Waals surface area contributed by atoms with Gasteiger partial charge in [-0.05, 0) is 30.3 Å². The number of rotatable bonds is 2. The first-order valence-corrected chi connectivity index (χ1v) is 5.78. The third-order valence-electron chi connectivity index (χ3n) is 2.32. The van der Waals surface area contributed by atoms with E-state index in [9.17, 15) is 4.39 Å². The molecule has 0 atom stereocenters. The van der Waals surface area contributed by atoms with Gasteiger partial charge in [-0.2, -0.15) is 5.26 Å². The molecule has 2 rings (SSSR count). The fourth-order valence-corrected chi connectivity index (χ4v) is 1.94. The highest BCUT2D eigenvalue weighted by Crippen LogP contribution is 2.32. The number of nitrogens with zero attached hydrogens (tertiary/aromatic N) is 1. The molecule has 0 bridgehead atoms. The van der Waals surface area contributed by atoms with Gasteiger partial charge >= 0.3 is 0 Å². The van der Waals surface area contributed by atoms with E-state index in [-0.39, 0.29) is 5.56 Å². The van der Waals surface area contributed by atoms with Gasteiger partial charge in [-0.3, -0.25) is 0 Å². The maximum atomic E-state index is 13.4. The molecule has 0 aliphatic heterocycles. The standard InChI is InChI=1S/C13H7Cl2FN2/c14-10-2-1-3-11(15)13(10)18-9-5-4-8(7-17)12(16)6-9/h1-6,18H. The van der Waals surface area contributed by atoms with Crippen molar-refractivity contribution in [1.82, 2.24) is 0 Å². The topological polar surface area (TPSA) is 35.8 Å². The summed E-state index contributed by atoms with van der Waals surface area (Å²) in [7, 11) is 0. The predicted octanol–water partition coefficient (Wildman–Crippen LogP) is 4.75. The van der Waals surface area contributed by atoms with Crippen molar-refractivity contribution in [3.63, 3.8) is 0 Å². The highest BCUT2D eigenvalue weighted by atomic mass is 35.5. The third-order valence-corrected chi connectivity index (χ3v) is 2.95. The lowest BCUT2D eigenvalue weighted by Gasteiger charge is -2.10. The van der Waals surface area contributed by atoms with Crippen molar-refractivity contribution in [3.8, 4) is 6.07 Å². The van der Waals surface area contributed by atoms with Gasteiger partial charge in [0, 0.05) is 5.69 Å². The number of anilines is 2. The van der Waals surface area contributed by atoms with Gasteiger partial charge in [0.15, 0.2) is 0 Å². The van der Waals surface area contributed by atoms with Crippen LogP contribution in [0, 0.1) is 17.1 Å². The van der Waals surface area contributed by atoms with Gasteiger partial charge in [0.05, 0.1) is 21.3 Å². The zero-order chi connectivity index (χ0) is 13.1. The minimum atomic E-state index is -0.592. The van der Waals surface area contributed by atoms with E-state index < -0.39 is 5.82 Å². The van der Waals surface area contributed by atoms with E-state index in [1.807, 2.05) is 0 Å². The first kappa shape index (κ1) is 12.7. The van der Waals surface area contributed by atoms with Crippen LogP contribution in [-0.4, -0.2) is 0 Å². The van der Waals surface area contributed by atoms with Crippen molar-refractivity contribution < 1.29 is 4.39 Å². The monoisotopic (exact) mass is 280 g/mol. The molecule has 0 heterocycles. The van der Waals surface area contributed by atoms with E-state index in [4.69, 9.17) is 28.5 Å². The summed E-state index contributed by atoms with van der Waals surface area (Å²) >= 11 is 12.0. The first-order valence-electron chi connectivity index (χ1n) is 5.02. The maximum absolute atomic E-state index is 13.4. The van der Waals surface area contributed by atoms with Crippen LogP contribution in [0.25, 0.3) is 0 Å². The molecule has 0 aromatic heterocycles. The minimum Gasteiger partial charge on any atom is -0.353 e. The fraction of sp³-hybridized carbons (Fsp3) is 0. The molecule has 0 saturated carbocycles. The van der Waals surface area contributed by atoms with E-state index in [0.29, 0.717) is 21.4 Å². The number of halogens is 3. The molecule has 0 fully saturated rings. The molecule has 2 aromatic rings. The summed E-state index contributed by atoms with van der Waals surface area (Å²) in [4.78, 5) is 0. The van der Waals surface area contributed by atoms with Crippen LogP contribution in [0.2, 0.25) is 10.0 Å². The van der Waals surface area contributed by atoms with Gasteiger partial charge in [0.2, 0.25) is 0 Å². The Hall–Kier alpha value is -1.76. The van der Waals surface area contributed by atoms with Crippen molar-refractivity contribution in [3.05, 3.63) is 57.8 Å². The normalized spacial score (nSPS) is 9.89. The van der Waals surface area contributed by atoms with Crippen molar-refractivity contribution in [2.45, 2.75) is 0 Å². The summed E-state index contributed by atoms with van der Waals surface area (Å²) < 4.78 is 13.4. The van der Waals surface area contributed by atoms with E-state index in [1.165, 1.54) is 12.1 Å². The highest BCUT2D eigenvalue weighted by Gasteiger charge is 2.07. The quantitative estimate of drug-likeness (QED) is 0.862. The summed E-state index contributed by atoms with van der Waals surface area (Å²) in [6.07, 6.45) is 0. The Morgan fingerprint density at radius 2 is 1.78 bits per heavy atom. The Morgan fingerprint density at radius 1 is 1.11 bits per heavy atom. The van der Waals surface area contributed by atoms with E-state index in [0.717, 1.165) is 0 Å². The Morgan fingerprint density at radius 3 is 2.33 bits per heavy atom. The summed E-state index contributed by atoms with van der Waals surface area (Å²) in [5.74, 6) is -0.592. The summed E-state index contributed by atoms with van der Waals surface area (Å²) in [5, 5.41) is 12.4. The minimum absolute atomic E-state index is 0.00851. The molecule has 5 heteroatoms. The molecule has 0 amide bonds. The zero-order valence-electron chi connectivity index (χ0n) is 9.05. The summed E-state index contributed by atoms with van der Waals surface area (Å²) in [6.45, 7) is 0.